The monoisotopic (exact) mass is 357 g/mol. The first-order valence-corrected chi connectivity index (χ1v) is 9.66. The predicted molar refractivity (Wildman–Crippen MR) is 84.6 cm³/mol. The van der Waals surface area contributed by atoms with Crippen molar-refractivity contribution in [2.75, 3.05) is 24.2 Å². The van der Waals surface area contributed by atoms with Crippen LogP contribution >= 0.6 is 11.3 Å². The van der Waals surface area contributed by atoms with Gasteiger partial charge in [-0.05, 0) is 12.8 Å². The zero-order valence-corrected chi connectivity index (χ0v) is 14.0. The maximum atomic E-state index is 11.7. The smallest absolute Gasteiger partial charge is 0.305 e. The van der Waals surface area contributed by atoms with Gasteiger partial charge in [0.25, 0.3) is 0 Å². The lowest BCUT2D eigenvalue weighted by Gasteiger charge is -2.31. The number of thiophene rings is 1. The molecule has 1 saturated heterocycles. The molecule has 124 valence electrons. The van der Waals surface area contributed by atoms with E-state index in [-0.39, 0.29) is 15.9 Å². The van der Waals surface area contributed by atoms with Crippen LogP contribution in [0.5, 0.6) is 0 Å². The number of aromatic nitrogens is 3. The van der Waals surface area contributed by atoms with Crippen LogP contribution in [0.3, 0.4) is 0 Å². The van der Waals surface area contributed by atoms with E-state index in [1.54, 1.807) is 17.1 Å². The van der Waals surface area contributed by atoms with Crippen molar-refractivity contribution in [1.29, 1.82) is 0 Å². The number of sulfone groups is 1. The quantitative estimate of drug-likeness (QED) is 0.602. The van der Waals surface area contributed by atoms with Crippen molar-refractivity contribution in [3.63, 3.8) is 0 Å². The van der Waals surface area contributed by atoms with Gasteiger partial charge in [-0.25, -0.2) is 13.1 Å². The third-order valence-corrected chi connectivity index (χ3v) is 6.79. The molecular weight excluding hydrogens is 342 g/mol. The standard InChI is InChI=1S/C12H15N5O4S2/c1-23(20,21)11-8-10(17(18)19)12(22-11)15-5-2-9(3-6-15)16-7-4-13-14-16/h4,7-9H,2-3,5-6H2,1H3. The highest BCUT2D eigenvalue weighted by molar-refractivity contribution is 7.92. The Hall–Kier alpha value is -2.01. The fourth-order valence-electron chi connectivity index (χ4n) is 2.64. The number of hydrogen-bond acceptors (Lipinski definition) is 8. The summed E-state index contributed by atoms with van der Waals surface area (Å²) in [4.78, 5) is 12.6. The van der Waals surface area contributed by atoms with Gasteiger partial charge in [-0.15, -0.1) is 5.10 Å². The molecule has 0 saturated carbocycles. The predicted octanol–water partition coefficient (Wildman–Crippen LogP) is 1.49. The lowest BCUT2D eigenvalue weighted by atomic mass is 10.1. The summed E-state index contributed by atoms with van der Waals surface area (Å²) in [6.07, 6.45) is 6.02. The van der Waals surface area contributed by atoms with E-state index in [0.717, 1.165) is 36.5 Å². The van der Waals surface area contributed by atoms with E-state index in [0.29, 0.717) is 18.1 Å². The second-order valence-corrected chi connectivity index (χ2v) is 8.66. The molecule has 0 aromatic carbocycles. The van der Waals surface area contributed by atoms with Crippen LogP contribution in [-0.4, -0.2) is 47.7 Å². The fraction of sp³-hybridized carbons (Fsp3) is 0.500. The normalized spacial score (nSPS) is 16.7. The van der Waals surface area contributed by atoms with Crippen molar-refractivity contribution < 1.29 is 13.3 Å². The van der Waals surface area contributed by atoms with E-state index in [1.807, 2.05) is 4.90 Å². The molecule has 0 atom stereocenters. The summed E-state index contributed by atoms with van der Waals surface area (Å²) in [6, 6.07) is 1.36. The van der Waals surface area contributed by atoms with Crippen LogP contribution in [0, 0.1) is 10.1 Å². The molecular formula is C12H15N5O4S2. The van der Waals surface area contributed by atoms with Gasteiger partial charge in [0.05, 0.1) is 17.2 Å². The lowest BCUT2D eigenvalue weighted by Crippen LogP contribution is -2.34. The summed E-state index contributed by atoms with van der Waals surface area (Å²) in [7, 11) is -3.46. The van der Waals surface area contributed by atoms with E-state index >= 15 is 0 Å². The Morgan fingerprint density at radius 2 is 2.09 bits per heavy atom. The van der Waals surface area contributed by atoms with E-state index in [2.05, 4.69) is 10.3 Å². The van der Waals surface area contributed by atoms with E-state index in [1.165, 1.54) is 0 Å². The first-order chi connectivity index (χ1) is 10.9. The highest BCUT2D eigenvalue weighted by Gasteiger charge is 2.30. The lowest BCUT2D eigenvalue weighted by molar-refractivity contribution is -0.383. The van der Waals surface area contributed by atoms with Crippen LogP contribution in [0.15, 0.2) is 22.7 Å². The van der Waals surface area contributed by atoms with E-state index in [9.17, 15) is 18.5 Å². The molecule has 0 radical (unpaired) electrons. The third-order valence-electron chi connectivity index (χ3n) is 3.80. The van der Waals surface area contributed by atoms with Crippen LogP contribution in [-0.2, 0) is 9.84 Å². The molecule has 1 fully saturated rings. The van der Waals surface area contributed by atoms with E-state index < -0.39 is 14.8 Å². The Morgan fingerprint density at radius 1 is 1.39 bits per heavy atom. The van der Waals surface area contributed by atoms with Crippen molar-refractivity contribution in [3.8, 4) is 0 Å². The second-order valence-electron chi connectivity index (χ2n) is 5.39. The fourth-order valence-corrected chi connectivity index (χ4v) is 4.71. The third kappa shape index (κ3) is 3.20. The van der Waals surface area contributed by atoms with Crippen LogP contribution in [0.2, 0.25) is 0 Å². The Morgan fingerprint density at radius 3 is 2.61 bits per heavy atom. The Bertz CT molecular complexity index is 807. The number of piperidine rings is 1. The van der Waals surface area contributed by atoms with Gasteiger partial charge >= 0.3 is 5.69 Å². The van der Waals surface area contributed by atoms with Gasteiger partial charge in [0.15, 0.2) is 14.8 Å². The number of anilines is 1. The summed E-state index contributed by atoms with van der Waals surface area (Å²) in [6.45, 7) is 1.21. The number of rotatable bonds is 4. The first kappa shape index (κ1) is 15.9. The molecule has 0 bridgehead atoms. The van der Waals surface area contributed by atoms with Gasteiger partial charge in [0.1, 0.15) is 4.21 Å². The molecule has 0 spiro atoms. The van der Waals surface area contributed by atoms with Gasteiger partial charge in [-0.1, -0.05) is 16.6 Å². The van der Waals surface area contributed by atoms with Crippen molar-refractivity contribution in [2.24, 2.45) is 0 Å². The van der Waals surface area contributed by atoms with Gasteiger partial charge in [-0.3, -0.25) is 10.1 Å². The Kier molecular flexibility index (Phi) is 4.06. The largest absolute Gasteiger partial charge is 0.358 e. The Labute approximate surface area is 136 Å². The SMILES string of the molecule is CS(=O)(=O)c1cc([N+](=O)[O-])c(N2CCC(n3ccnn3)CC2)s1. The van der Waals surface area contributed by atoms with Crippen molar-refractivity contribution in [1.82, 2.24) is 15.0 Å². The van der Waals surface area contributed by atoms with Gasteiger partial charge in [-0.2, -0.15) is 0 Å². The molecule has 11 heteroatoms. The topological polar surface area (TPSA) is 111 Å². The number of nitro groups is 1. The zero-order chi connectivity index (χ0) is 16.6. The summed E-state index contributed by atoms with van der Waals surface area (Å²) in [5.41, 5.74) is -0.144. The zero-order valence-electron chi connectivity index (χ0n) is 12.3. The minimum absolute atomic E-state index is 0.0256. The second kappa shape index (κ2) is 5.89. The van der Waals surface area contributed by atoms with Crippen molar-refractivity contribution >= 4 is 31.9 Å². The van der Waals surface area contributed by atoms with Crippen molar-refractivity contribution in [3.05, 3.63) is 28.6 Å². The highest BCUT2D eigenvalue weighted by atomic mass is 32.2. The molecule has 23 heavy (non-hydrogen) atoms. The summed E-state index contributed by atoms with van der Waals surface area (Å²) in [5.74, 6) is 0. The molecule has 0 unspecified atom stereocenters. The molecule has 0 amide bonds. The van der Waals surface area contributed by atoms with Crippen LogP contribution in [0.1, 0.15) is 18.9 Å². The number of nitrogens with zero attached hydrogens (tertiary/aromatic N) is 5. The molecule has 1 aliphatic heterocycles. The van der Waals surface area contributed by atoms with Crippen molar-refractivity contribution in [2.45, 2.75) is 23.1 Å². The van der Waals surface area contributed by atoms with Crippen LogP contribution in [0.4, 0.5) is 10.7 Å². The first-order valence-electron chi connectivity index (χ1n) is 6.95. The minimum Gasteiger partial charge on any atom is -0.358 e. The highest BCUT2D eigenvalue weighted by Crippen LogP contribution is 2.41. The molecule has 2 aromatic rings. The van der Waals surface area contributed by atoms with Gasteiger partial charge in [0, 0.05) is 31.6 Å². The van der Waals surface area contributed by atoms with Gasteiger partial charge in [0.2, 0.25) is 0 Å². The number of hydrogen-bond donors (Lipinski definition) is 0. The molecule has 3 rings (SSSR count). The van der Waals surface area contributed by atoms with E-state index in [4.69, 9.17) is 0 Å². The minimum atomic E-state index is -3.46. The van der Waals surface area contributed by atoms with Crippen LogP contribution < -0.4 is 4.90 Å². The van der Waals surface area contributed by atoms with Gasteiger partial charge < -0.3 is 4.90 Å². The maximum Gasteiger partial charge on any atom is 0.305 e. The molecule has 0 N–H and O–H groups in total. The summed E-state index contributed by atoms with van der Waals surface area (Å²) >= 11 is 0.962. The average Bonchev–Trinajstić information content (AvgIpc) is 3.16. The molecule has 3 heterocycles. The Balaban J connectivity index is 1.82. The summed E-state index contributed by atoms with van der Waals surface area (Å²) in [5, 5.41) is 19.4. The molecule has 2 aromatic heterocycles. The summed E-state index contributed by atoms with van der Waals surface area (Å²) < 4.78 is 25.1. The maximum absolute atomic E-state index is 11.7. The average molecular weight is 357 g/mol. The molecule has 0 aliphatic carbocycles. The molecule has 1 aliphatic rings. The van der Waals surface area contributed by atoms with Crippen LogP contribution in [0.25, 0.3) is 0 Å². The molecule has 9 nitrogen and oxygen atoms in total.